The van der Waals surface area contributed by atoms with Crippen LogP contribution in [0.4, 0.5) is 4.79 Å². The summed E-state index contributed by atoms with van der Waals surface area (Å²) < 4.78 is 0. The van der Waals surface area contributed by atoms with Crippen molar-refractivity contribution < 1.29 is 4.79 Å². The number of rotatable bonds is 2. The maximum atomic E-state index is 12.3. The van der Waals surface area contributed by atoms with E-state index in [0.717, 1.165) is 18.0 Å². The van der Waals surface area contributed by atoms with Crippen LogP contribution in [0.25, 0.3) is 0 Å². The fourth-order valence-electron chi connectivity index (χ4n) is 2.19. The molecule has 2 amide bonds. The van der Waals surface area contributed by atoms with Gasteiger partial charge in [0.2, 0.25) is 0 Å². The van der Waals surface area contributed by atoms with Crippen LogP contribution in [0.5, 0.6) is 0 Å². The van der Waals surface area contributed by atoms with Crippen LogP contribution < -0.4 is 5.32 Å². The Balaban J connectivity index is 1.97. The number of hydrogen-bond acceptors (Lipinski definition) is 3. The van der Waals surface area contributed by atoms with E-state index in [-0.39, 0.29) is 18.1 Å². The number of nitrogens with zero attached hydrogens (tertiary/aromatic N) is 2. The molecule has 19 heavy (non-hydrogen) atoms. The molecular weight excluding hydrogens is 258 g/mol. The van der Waals surface area contributed by atoms with Crippen LogP contribution in [-0.4, -0.2) is 39.5 Å². The van der Waals surface area contributed by atoms with Gasteiger partial charge in [-0.2, -0.15) is 11.8 Å². The van der Waals surface area contributed by atoms with Gasteiger partial charge in [0.25, 0.3) is 0 Å². The van der Waals surface area contributed by atoms with E-state index in [9.17, 15) is 4.79 Å². The van der Waals surface area contributed by atoms with Gasteiger partial charge in [0.05, 0.1) is 11.7 Å². The number of aromatic nitrogens is 1. The first-order chi connectivity index (χ1) is 9.09. The van der Waals surface area contributed by atoms with Crippen molar-refractivity contribution in [1.82, 2.24) is 15.2 Å². The Labute approximate surface area is 119 Å². The lowest BCUT2D eigenvalue weighted by Gasteiger charge is -2.37. The molecule has 3 unspecified atom stereocenters. The van der Waals surface area contributed by atoms with E-state index in [0.29, 0.717) is 5.25 Å². The molecule has 3 atom stereocenters. The van der Waals surface area contributed by atoms with E-state index in [1.54, 1.807) is 6.20 Å². The Morgan fingerprint density at radius 1 is 1.53 bits per heavy atom. The molecule has 1 fully saturated rings. The smallest absolute Gasteiger partial charge is 0.318 e. The third-order valence-corrected chi connectivity index (χ3v) is 4.95. The number of hydrogen-bond donors (Lipinski definition) is 1. The lowest BCUT2D eigenvalue weighted by Crippen LogP contribution is -2.52. The maximum absolute atomic E-state index is 12.3. The van der Waals surface area contributed by atoms with Gasteiger partial charge >= 0.3 is 6.03 Å². The molecule has 0 saturated carbocycles. The molecule has 5 heteroatoms. The lowest BCUT2D eigenvalue weighted by molar-refractivity contribution is 0.177. The fraction of sp³-hybridized carbons (Fsp3) is 0.571. The zero-order valence-electron chi connectivity index (χ0n) is 11.7. The van der Waals surface area contributed by atoms with Crippen molar-refractivity contribution in [2.24, 2.45) is 0 Å². The molecule has 1 aliphatic heterocycles. The number of thioether (sulfide) groups is 1. The molecule has 2 heterocycles. The third-order valence-electron chi connectivity index (χ3n) is 3.62. The summed E-state index contributed by atoms with van der Waals surface area (Å²) in [5.41, 5.74) is 0.892. The molecule has 1 aliphatic rings. The molecule has 1 aromatic heterocycles. The van der Waals surface area contributed by atoms with Gasteiger partial charge in [0, 0.05) is 29.8 Å². The Morgan fingerprint density at radius 3 is 3.00 bits per heavy atom. The highest BCUT2D eigenvalue weighted by Crippen LogP contribution is 2.24. The molecule has 0 aromatic carbocycles. The van der Waals surface area contributed by atoms with E-state index in [2.05, 4.69) is 24.1 Å². The van der Waals surface area contributed by atoms with Crippen molar-refractivity contribution in [1.29, 1.82) is 0 Å². The van der Waals surface area contributed by atoms with Crippen LogP contribution in [0.1, 0.15) is 32.5 Å². The Hall–Kier alpha value is -1.23. The fourth-order valence-corrected chi connectivity index (χ4v) is 3.29. The van der Waals surface area contributed by atoms with Crippen LogP contribution in [-0.2, 0) is 0 Å². The summed E-state index contributed by atoms with van der Waals surface area (Å²) in [6.45, 7) is 7.07. The molecule has 1 saturated heterocycles. The summed E-state index contributed by atoms with van der Waals surface area (Å²) in [7, 11) is 0. The highest BCUT2D eigenvalue weighted by molar-refractivity contribution is 8.00. The van der Waals surface area contributed by atoms with Gasteiger partial charge in [-0.3, -0.25) is 4.98 Å². The zero-order chi connectivity index (χ0) is 13.8. The van der Waals surface area contributed by atoms with Gasteiger partial charge in [0.15, 0.2) is 0 Å². The first kappa shape index (κ1) is 14.2. The van der Waals surface area contributed by atoms with Crippen LogP contribution in [0.2, 0.25) is 0 Å². The van der Waals surface area contributed by atoms with Gasteiger partial charge < -0.3 is 10.2 Å². The Bertz CT molecular complexity index is 426. The van der Waals surface area contributed by atoms with Crippen LogP contribution in [0, 0.1) is 0 Å². The highest BCUT2D eigenvalue weighted by Gasteiger charge is 2.29. The van der Waals surface area contributed by atoms with E-state index < -0.39 is 0 Å². The summed E-state index contributed by atoms with van der Waals surface area (Å²) in [4.78, 5) is 18.5. The average molecular weight is 279 g/mol. The van der Waals surface area contributed by atoms with Gasteiger partial charge in [-0.25, -0.2) is 4.79 Å². The van der Waals surface area contributed by atoms with Crippen molar-refractivity contribution in [3.8, 4) is 0 Å². The zero-order valence-corrected chi connectivity index (χ0v) is 12.5. The molecule has 0 aliphatic carbocycles. The molecule has 104 valence electrons. The van der Waals surface area contributed by atoms with E-state index in [4.69, 9.17) is 0 Å². The number of pyridine rings is 1. The average Bonchev–Trinajstić information content (AvgIpc) is 2.42. The molecular formula is C14H21N3OS. The summed E-state index contributed by atoms with van der Waals surface area (Å²) in [6, 6.07) is 5.97. The van der Waals surface area contributed by atoms with Gasteiger partial charge in [-0.15, -0.1) is 0 Å². The molecule has 0 bridgehead atoms. The van der Waals surface area contributed by atoms with Crippen LogP contribution in [0.15, 0.2) is 24.4 Å². The number of nitrogens with one attached hydrogen (secondary N) is 1. The molecule has 2 rings (SSSR count). The summed E-state index contributed by atoms with van der Waals surface area (Å²) in [5, 5.41) is 3.52. The first-order valence-corrected chi connectivity index (χ1v) is 7.74. The van der Waals surface area contributed by atoms with Crippen LogP contribution >= 0.6 is 11.8 Å². The Kier molecular flexibility index (Phi) is 4.69. The van der Waals surface area contributed by atoms with Crippen molar-refractivity contribution >= 4 is 17.8 Å². The summed E-state index contributed by atoms with van der Waals surface area (Å²) in [5.74, 6) is 1.01. The highest BCUT2D eigenvalue weighted by atomic mass is 32.2. The maximum Gasteiger partial charge on any atom is 0.318 e. The van der Waals surface area contributed by atoms with Crippen molar-refractivity contribution in [3.63, 3.8) is 0 Å². The largest absolute Gasteiger partial charge is 0.330 e. The van der Waals surface area contributed by atoms with Crippen molar-refractivity contribution in [3.05, 3.63) is 30.1 Å². The molecule has 1 N–H and O–H groups in total. The van der Waals surface area contributed by atoms with Gasteiger partial charge in [-0.05, 0) is 26.0 Å². The second-order valence-electron chi connectivity index (χ2n) is 4.94. The first-order valence-electron chi connectivity index (χ1n) is 6.69. The molecule has 4 nitrogen and oxygen atoms in total. The second kappa shape index (κ2) is 6.28. The lowest BCUT2D eigenvalue weighted by atomic mass is 10.2. The SMILES string of the molecule is CC(NC(=O)N1CCSC(C)C1C)c1ccccn1. The predicted molar refractivity (Wildman–Crippen MR) is 79.3 cm³/mol. The summed E-state index contributed by atoms with van der Waals surface area (Å²) in [6.07, 6.45) is 1.75. The number of carbonyl (C=O) groups excluding carboxylic acids is 1. The van der Waals surface area contributed by atoms with Crippen molar-refractivity contribution in [2.75, 3.05) is 12.3 Å². The quantitative estimate of drug-likeness (QED) is 0.905. The number of amides is 2. The van der Waals surface area contributed by atoms with E-state index >= 15 is 0 Å². The molecule has 1 aromatic rings. The number of carbonyl (C=O) groups is 1. The number of urea groups is 1. The van der Waals surface area contributed by atoms with Crippen molar-refractivity contribution in [2.45, 2.75) is 38.1 Å². The monoisotopic (exact) mass is 279 g/mol. The van der Waals surface area contributed by atoms with E-state index in [1.807, 2.05) is 41.8 Å². The Morgan fingerprint density at radius 2 is 2.32 bits per heavy atom. The van der Waals surface area contributed by atoms with E-state index in [1.165, 1.54) is 0 Å². The van der Waals surface area contributed by atoms with Crippen LogP contribution in [0.3, 0.4) is 0 Å². The normalized spacial score (nSPS) is 24.9. The topological polar surface area (TPSA) is 45.2 Å². The predicted octanol–water partition coefficient (Wildman–Crippen LogP) is 2.68. The summed E-state index contributed by atoms with van der Waals surface area (Å²) >= 11 is 1.93. The minimum absolute atomic E-state index is 0.0119. The van der Waals surface area contributed by atoms with Gasteiger partial charge in [-0.1, -0.05) is 13.0 Å². The second-order valence-corrected chi connectivity index (χ2v) is 6.42. The molecule has 0 spiro atoms. The third kappa shape index (κ3) is 3.41. The molecule has 0 radical (unpaired) electrons. The van der Waals surface area contributed by atoms with Gasteiger partial charge in [0.1, 0.15) is 0 Å². The minimum Gasteiger partial charge on any atom is -0.330 e. The standard InChI is InChI=1S/C14H21N3OS/c1-10(13-6-4-5-7-15-13)16-14(18)17-8-9-19-12(3)11(17)2/h4-7,10-12H,8-9H2,1-3H3,(H,16,18). The minimum atomic E-state index is -0.0641.